The molecule has 3 fully saturated rings. The molecule has 0 radical (unpaired) electrons. The van der Waals surface area contributed by atoms with E-state index < -0.39 is 47.2 Å². The van der Waals surface area contributed by atoms with Crippen LogP contribution in [0, 0.1) is 9.49 Å². The number of para-hydroxylation sites is 2. The summed E-state index contributed by atoms with van der Waals surface area (Å²) in [6, 6.07) is 108. The van der Waals surface area contributed by atoms with Crippen LogP contribution in [-0.4, -0.2) is 61.1 Å². The van der Waals surface area contributed by atoms with Crippen molar-refractivity contribution in [3.8, 4) is 11.5 Å². The zero-order valence-corrected chi connectivity index (χ0v) is 54.9. The fourth-order valence-electron chi connectivity index (χ4n) is 12.6. The Bertz CT molecular complexity index is 3790. The third-order valence-corrected chi connectivity index (χ3v) is 18.0. The minimum Gasteiger partial charge on any atom is -0.468 e. The van der Waals surface area contributed by atoms with E-state index in [0.717, 1.165) is 53.6 Å². The first-order valence-corrected chi connectivity index (χ1v) is 33.1. The molecule has 0 unspecified atom stereocenters. The van der Waals surface area contributed by atoms with Crippen molar-refractivity contribution in [3.05, 3.63) is 381 Å². The van der Waals surface area contributed by atoms with Gasteiger partial charge in [0.1, 0.15) is 29.6 Å². The maximum Gasteiger partial charge on any atom is 0.245 e. The smallest absolute Gasteiger partial charge is 0.245 e. The van der Waals surface area contributed by atoms with Crippen molar-refractivity contribution in [3.63, 3.8) is 0 Å². The van der Waals surface area contributed by atoms with Gasteiger partial charge in [-0.05, 0) is 115 Å². The Morgan fingerprint density at radius 2 is 0.526 bits per heavy atom. The minimum absolute atomic E-state index is 0.0458. The largest absolute Gasteiger partial charge is 0.468 e. The van der Waals surface area contributed by atoms with Crippen LogP contribution in [0.1, 0.15) is 63.9 Å². The number of amides is 3. The minimum atomic E-state index is -0.732. The predicted octanol–water partition coefficient (Wildman–Crippen LogP) is 13.6. The van der Waals surface area contributed by atoms with E-state index in [2.05, 4.69) is 190 Å². The van der Waals surface area contributed by atoms with Gasteiger partial charge in [0.25, 0.3) is 0 Å². The van der Waals surface area contributed by atoms with Crippen molar-refractivity contribution in [2.24, 2.45) is 5.92 Å². The van der Waals surface area contributed by atoms with Crippen molar-refractivity contribution in [2.45, 2.75) is 67.3 Å². The van der Waals surface area contributed by atoms with E-state index in [9.17, 15) is 14.4 Å². The topological polar surface area (TPSA) is 151 Å². The van der Waals surface area contributed by atoms with E-state index in [1.54, 1.807) is 0 Å². The highest BCUT2D eigenvalue weighted by Crippen LogP contribution is 2.42. The molecule has 11 aromatic carbocycles. The highest BCUT2D eigenvalue weighted by molar-refractivity contribution is 14.1. The van der Waals surface area contributed by atoms with Gasteiger partial charge in [-0.25, -0.2) is 0 Å². The summed E-state index contributed by atoms with van der Waals surface area (Å²) in [5.41, 5.74) is 7.37. The molecule has 0 bridgehead atoms. The molecule has 6 N–H and O–H groups in total. The quantitative estimate of drug-likeness (QED) is 0.0221. The van der Waals surface area contributed by atoms with Gasteiger partial charge in [0.05, 0.1) is 23.2 Å². The second kappa shape index (κ2) is 30.4. The Hall–Kier alpha value is -10.0. The molecule has 12 nitrogen and oxygen atoms in total. The molecule has 6 atom stereocenters. The number of ether oxygens (including phenoxy) is 3. The standard InChI is InChI=1S/2C28H24N2O2.C26H27IN2O2/c2*31-26-25(27(29-26)32-24-19-11-4-12-20-24)30-28(21-13-5-1-6-14-21,22-15-7-2-8-16-22)23-17-9-3-10-18-23;1-18(2)17-31-25-23(24(30)28-25)29-26(19-9-5-3-6-10-19,20-11-7-4-8-12-20)21-13-15-22(27)16-14-21/h2*1-20,25,27,30H,(H,29,31);3-16,18,23,25,29H,17H2,1-2H3,(H,28,30)/t25-,27+;25-,27-;23-,25-/m111/s1. The molecule has 11 aromatic rings. The lowest BCUT2D eigenvalue weighted by Crippen LogP contribution is -2.73. The number of carbonyl (C=O) groups excluding carboxylic acids is 3. The highest BCUT2D eigenvalue weighted by Gasteiger charge is 2.51. The first-order chi connectivity index (χ1) is 46.5. The second-order valence-corrected chi connectivity index (χ2v) is 25.2. The van der Waals surface area contributed by atoms with Crippen LogP contribution in [0.5, 0.6) is 11.5 Å². The van der Waals surface area contributed by atoms with Gasteiger partial charge in [0, 0.05) is 3.57 Å². The first kappa shape index (κ1) is 65.1. The van der Waals surface area contributed by atoms with Gasteiger partial charge in [-0.1, -0.05) is 305 Å². The summed E-state index contributed by atoms with van der Waals surface area (Å²) in [6.45, 7) is 4.80. The van der Waals surface area contributed by atoms with Crippen molar-refractivity contribution in [1.82, 2.24) is 31.9 Å². The van der Waals surface area contributed by atoms with Gasteiger partial charge in [0.2, 0.25) is 17.7 Å². The predicted molar refractivity (Wildman–Crippen MR) is 382 cm³/mol. The summed E-state index contributed by atoms with van der Waals surface area (Å²) in [7, 11) is 0. The number of carbonyl (C=O) groups is 3. The molecule has 3 saturated heterocycles. The molecule has 0 saturated carbocycles. The monoisotopic (exact) mass is 1370 g/mol. The fraction of sp³-hybridized carbons (Fsp3) is 0.159. The van der Waals surface area contributed by atoms with Crippen LogP contribution in [-0.2, 0) is 35.7 Å². The van der Waals surface area contributed by atoms with Gasteiger partial charge in [0.15, 0.2) is 18.7 Å². The molecular formula is C82H75IN6O6. The molecule has 3 heterocycles. The summed E-state index contributed by atoms with van der Waals surface area (Å²) in [5, 5.41) is 19.8. The second-order valence-electron chi connectivity index (χ2n) is 23.9. The fourth-order valence-corrected chi connectivity index (χ4v) is 12.9. The van der Waals surface area contributed by atoms with Crippen molar-refractivity contribution in [1.29, 1.82) is 0 Å². The normalized spacial score (nSPS) is 18.0. The number of hydrogen-bond acceptors (Lipinski definition) is 9. The van der Waals surface area contributed by atoms with Gasteiger partial charge in [-0.2, -0.15) is 0 Å². The van der Waals surface area contributed by atoms with Gasteiger partial charge < -0.3 is 30.2 Å². The van der Waals surface area contributed by atoms with Gasteiger partial charge >= 0.3 is 0 Å². The van der Waals surface area contributed by atoms with E-state index in [-0.39, 0.29) is 23.9 Å². The van der Waals surface area contributed by atoms with Crippen LogP contribution < -0.4 is 41.4 Å². The Morgan fingerprint density at radius 3 is 0.758 bits per heavy atom. The summed E-state index contributed by atoms with van der Waals surface area (Å²) in [6.07, 6.45) is -1.30. The lowest BCUT2D eigenvalue weighted by Gasteiger charge is -2.45. The first-order valence-electron chi connectivity index (χ1n) is 32.0. The number of halogens is 1. The van der Waals surface area contributed by atoms with Crippen LogP contribution >= 0.6 is 22.6 Å². The number of nitrogens with one attached hydrogen (secondary N) is 6. The number of hydrogen-bond donors (Lipinski definition) is 6. The summed E-state index contributed by atoms with van der Waals surface area (Å²) in [5.74, 6) is 1.61. The third kappa shape index (κ3) is 14.4. The van der Waals surface area contributed by atoms with Crippen LogP contribution in [0.3, 0.4) is 0 Å². The molecule has 14 rings (SSSR count). The Labute approximate surface area is 569 Å². The Balaban J connectivity index is 0.000000137. The highest BCUT2D eigenvalue weighted by atomic mass is 127. The molecule has 3 amide bonds. The molecule has 0 aliphatic carbocycles. The molecule has 3 aliphatic rings. The van der Waals surface area contributed by atoms with Crippen LogP contribution in [0.15, 0.2) is 328 Å². The van der Waals surface area contributed by atoms with Crippen molar-refractivity contribution < 1.29 is 28.6 Å². The molecule has 95 heavy (non-hydrogen) atoms. The third-order valence-electron chi connectivity index (χ3n) is 17.3. The zero-order valence-electron chi connectivity index (χ0n) is 52.8. The van der Waals surface area contributed by atoms with E-state index in [4.69, 9.17) is 14.2 Å². The lowest BCUT2D eigenvalue weighted by molar-refractivity contribution is -0.149. The Kier molecular flexibility index (Phi) is 20.8. The van der Waals surface area contributed by atoms with Crippen molar-refractivity contribution in [2.75, 3.05) is 6.61 Å². The van der Waals surface area contributed by atoms with Crippen molar-refractivity contribution >= 4 is 40.3 Å². The van der Waals surface area contributed by atoms with E-state index in [0.29, 0.717) is 24.0 Å². The van der Waals surface area contributed by atoms with Gasteiger partial charge in [-0.3, -0.25) is 30.3 Å². The summed E-state index contributed by atoms with van der Waals surface area (Å²) >= 11 is 2.32. The van der Waals surface area contributed by atoms with Gasteiger partial charge in [-0.15, -0.1) is 0 Å². The number of rotatable bonds is 22. The van der Waals surface area contributed by atoms with E-state index in [1.165, 1.54) is 0 Å². The molecule has 0 spiro atoms. The van der Waals surface area contributed by atoms with Crippen LogP contribution in [0.25, 0.3) is 0 Å². The Morgan fingerprint density at radius 1 is 0.316 bits per heavy atom. The maximum absolute atomic E-state index is 12.7. The molecule has 3 aliphatic heterocycles. The van der Waals surface area contributed by atoms with Crippen LogP contribution in [0.2, 0.25) is 0 Å². The number of β-lactam (4-membered cyclic amide) rings is 3. The summed E-state index contributed by atoms with van der Waals surface area (Å²) < 4.78 is 19.3. The lowest BCUT2D eigenvalue weighted by atomic mass is 9.76. The summed E-state index contributed by atoms with van der Waals surface area (Å²) in [4.78, 5) is 38.2. The zero-order chi connectivity index (χ0) is 65.5. The molecule has 476 valence electrons. The SMILES string of the molecule is CC(C)CO[C@H]1NC(=O)[C@H]1NC(c1ccccc1)(c1ccccc1)c1ccc(I)cc1.O=C1N[C@@H](Oc2ccccc2)[C@@H]1NC(c1ccccc1)(c1ccccc1)c1ccccc1.O=C1N[C@H](Oc2ccccc2)[C@@H]1NC(c1ccccc1)(c1ccccc1)c1ccccc1. The number of benzene rings is 11. The average molecular weight is 1370 g/mol. The van der Waals surface area contributed by atoms with E-state index in [1.807, 2.05) is 206 Å². The molecule has 13 heteroatoms. The van der Waals surface area contributed by atoms with Crippen LogP contribution in [0.4, 0.5) is 0 Å². The molecular weight excluding hydrogens is 1290 g/mol. The molecule has 0 aromatic heterocycles. The van der Waals surface area contributed by atoms with E-state index >= 15 is 0 Å². The maximum atomic E-state index is 12.7. The average Bonchev–Trinajstić information content (AvgIpc) is 0.773.